The van der Waals surface area contributed by atoms with Gasteiger partial charge in [0, 0.05) is 21.3 Å². The zero-order valence-electron chi connectivity index (χ0n) is 18.4. The fourth-order valence-corrected chi connectivity index (χ4v) is 3.28. The van der Waals surface area contributed by atoms with Crippen LogP contribution in [0.4, 0.5) is 5.69 Å². The van der Waals surface area contributed by atoms with Gasteiger partial charge in [-0.05, 0) is 60.5 Å². The van der Waals surface area contributed by atoms with E-state index in [1.165, 1.54) is 6.21 Å². The maximum absolute atomic E-state index is 12.1. The minimum atomic E-state index is -0.900. The minimum Gasteiger partial charge on any atom is -0.494 e. The number of carbonyl (C=O) groups excluding carboxylic acids is 2. The van der Waals surface area contributed by atoms with Gasteiger partial charge in [0.2, 0.25) is 0 Å². The van der Waals surface area contributed by atoms with E-state index in [0.29, 0.717) is 45.0 Å². The van der Waals surface area contributed by atoms with Crippen molar-refractivity contribution in [1.29, 1.82) is 0 Å². The lowest BCUT2D eigenvalue weighted by Gasteiger charge is -2.10. The summed E-state index contributed by atoms with van der Waals surface area (Å²) in [7, 11) is 0. The molecule has 3 rings (SSSR count). The van der Waals surface area contributed by atoms with E-state index in [9.17, 15) is 9.59 Å². The van der Waals surface area contributed by atoms with Gasteiger partial charge in [-0.25, -0.2) is 5.43 Å². The molecule has 0 unspecified atom stereocenters. The first-order valence-corrected chi connectivity index (χ1v) is 11.2. The Hall–Kier alpha value is -3.55. The van der Waals surface area contributed by atoms with Crippen LogP contribution in [0.1, 0.15) is 24.5 Å². The van der Waals surface area contributed by atoms with Gasteiger partial charge in [-0.3, -0.25) is 9.59 Å². The standard InChI is InChI=1S/C25H23Cl2N3O4/c1-2-13-33-19-11-9-18(10-12-19)29-24(31)25(32)30-28-15-17-5-3-6-20(14-17)34-16-21-22(26)7-4-8-23(21)27/h3-12,14-15H,2,13,16H2,1H3,(H,29,31)(H,30,32)/b28-15-. The summed E-state index contributed by atoms with van der Waals surface area (Å²) in [6, 6.07) is 19.0. The quantitative estimate of drug-likeness (QED) is 0.232. The van der Waals surface area contributed by atoms with E-state index < -0.39 is 11.8 Å². The molecule has 0 saturated carbocycles. The first kappa shape index (κ1) is 25.1. The number of hydrogen-bond acceptors (Lipinski definition) is 5. The molecule has 0 fully saturated rings. The third-order valence-corrected chi connectivity index (χ3v) is 5.18. The molecule has 0 aliphatic rings. The molecule has 0 aromatic heterocycles. The van der Waals surface area contributed by atoms with E-state index in [0.717, 1.165) is 6.42 Å². The van der Waals surface area contributed by atoms with E-state index >= 15 is 0 Å². The van der Waals surface area contributed by atoms with E-state index in [1.54, 1.807) is 66.7 Å². The Labute approximate surface area is 207 Å². The molecule has 34 heavy (non-hydrogen) atoms. The van der Waals surface area contributed by atoms with E-state index in [1.807, 2.05) is 6.92 Å². The van der Waals surface area contributed by atoms with Crippen molar-refractivity contribution in [1.82, 2.24) is 5.43 Å². The van der Waals surface area contributed by atoms with Crippen LogP contribution in [0, 0.1) is 0 Å². The highest BCUT2D eigenvalue weighted by Crippen LogP contribution is 2.26. The molecule has 0 atom stereocenters. The molecule has 9 heteroatoms. The molecule has 0 saturated heterocycles. The topological polar surface area (TPSA) is 89.0 Å². The van der Waals surface area contributed by atoms with Gasteiger partial charge in [0.05, 0.1) is 12.8 Å². The predicted octanol–water partition coefficient (Wildman–Crippen LogP) is 5.45. The lowest BCUT2D eigenvalue weighted by atomic mass is 10.2. The molecular weight excluding hydrogens is 477 g/mol. The molecule has 2 amide bonds. The SMILES string of the molecule is CCCOc1ccc(NC(=O)C(=O)N/N=C\c2cccc(OCc3c(Cl)cccc3Cl)c2)cc1. The summed E-state index contributed by atoms with van der Waals surface area (Å²) < 4.78 is 11.2. The number of rotatable bonds is 9. The molecule has 3 aromatic carbocycles. The number of ether oxygens (including phenoxy) is 2. The second-order valence-electron chi connectivity index (χ2n) is 7.09. The van der Waals surface area contributed by atoms with Crippen LogP contribution in [-0.4, -0.2) is 24.6 Å². The third kappa shape index (κ3) is 7.50. The van der Waals surface area contributed by atoms with Crippen molar-refractivity contribution in [2.75, 3.05) is 11.9 Å². The molecular formula is C25H23Cl2N3O4. The molecule has 0 spiro atoms. The number of halogens is 2. The van der Waals surface area contributed by atoms with Gasteiger partial charge < -0.3 is 14.8 Å². The number of nitrogens with one attached hydrogen (secondary N) is 2. The Morgan fingerprint density at radius 3 is 2.32 bits per heavy atom. The summed E-state index contributed by atoms with van der Waals surface area (Å²) in [5.41, 5.74) is 4.01. The average molecular weight is 500 g/mol. The van der Waals surface area contributed by atoms with Crippen LogP contribution in [0.15, 0.2) is 71.8 Å². The normalized spacial score (nSPS) is 10.7. The molecule has 0 aliphatic carbocycles. The minimum absolute atomic E-state index is 0.196. The maximum atomic E-state index is 12.1. The van der Waals surface area contributed by atoms with Gasteiger partial charge in [0.25, 0.3) is 0 Å². The third-order valence-electron chi connectivity index (χ3n) is 4.47. The van der Waals surface area contributed by atoms with Gasteiger partial charge in [-0.1, -0.05) is 48.3 Å². The van der Waals surface area contributed by atoms with Crippen molar-refractivity contribution in [2.24, 2.45) is 5.10 Å². The van der Waals surface area contributed by atoms with Crippen molar-refractivity contribution in [3.8, 4) is 11.5 Å². The highest BCUT2D eigenvalue weighted by molar-refractivity contribution is 6.39. The second kappa shape index (κ2) is 12.6. The lowest BCUT2D eigenvalue weighted by molar-refractivity contribution is -0.136. The number of anilines is 1. The number of hydrogen-bond donors (Lipinski definition) is 2. The largest absolute Gasteiger partial charge is 0.494 e. The van der Waals surface area contributed by atoms with Crippen LogP contribution < -0.4 is 20.2 Å². The fraction of sp³-hybridized carbons (Fsp3) is 0.160. The van der Waals surface area contributed by atoms with E-state index in [2.05, 4.69) is 15.8 Å². The summed E-state index contributed by atoms with van der Waals surface area (Å²) >= 11 is 12.3. The second-order valence-corrected chi connectivity index (χ2v) is 7.90. The lowest BCUT2D eigenvalue weighted by Crippen LogP contribution is -2.32. The van der Waals surface area contributed by atoms with Gasteiger partial charge >= 0.3 is 11.8 Å². The molecule has 176 valence electrons. The van der Waals surface area contributed by atoms with Crippen LogP contribution in [0.25, 0.3) is 0 Å². The van der Waals surface area contributed by atoms with Gasteiger partial charge in [-0.15, -0.1) is 0 Å². The van der Waals surface area contributed by atoms with Crippen molar-refractivity contribution in [2.45, 2.75) is 20.0 Å². The van der Waals surface area contributed by atoms with Crippen LogP contribution in [0.3, 0.4) is 0 Å². The van der Waals surface area contributed by atoms with Crippen molar-refractivity contribution >= 4 is 46.9 Å². The molecule has 0 radical (unpaired) electrons. The van der Waals surface area contributed by atoms with E-state index in [-0.39, 0.29) is 6.61 Å². The summed E-state index contributed by atoms with van der Waals surface area (Å²) in [6.45, 7) is 2.82. The number of carbonyl (C=O) groups is 2. The Bertz CT molecular complexity index is 1150. The van der Waals surface area contributed by atoms with Gasteiger partial charge in [0.1, 0.15) is 18.1 Å². The first-order chi connectivity index (χ1) is 16.5. The Kier molecular flexibility index (Phi) is 9.31. The van der Waals surface area contributed by atoms with Crippen molar-refractivity contribution in [3.05, 3.63) is 87.9 Å². The molecule has 3 aromatic rings. The molecule has 0 aliphatic heterocycles. The smallest absolute Gasteiger partial charge is 0.329 e. The Morgan fingerprint density at radius 2 is 1.62 bits per heavy atom. The highest BCUT2D eigenvalue weighted by Gasteiger charge is 2.13. The number of hydrazone groups is 1. The maximum Gasteiger partial charge on any atom is 0.329 e. The molecule has 2 N–H and O–H groups in total. The van der Waals surface area contributed by atoms with Crippen LogP contribution in [0.2, 0.25) is 10.0 Å². The summed E-state index contributed by atoms with van der Waals surface area (Å²) in [5, 5.41) is 7.38. The molecule has 0 heterocycles. The van der Waals surface area contributed by atoms with E-state index in [4.69, 9.17) is 32.7 Å². The Morgan fingerprint density at radius 1 is 0.912 bits per heavy atom. The van der Waals surface area contributed by atoms with Gasteiger partial charge in [-0.2, -0.15) is 5.10 Å². The summed E-state index contributed by atoms with van der Waals surface area (Å²) in [5.74, 6) is -0.484. The molecule has 0 bridgehead atoms. The zero-order valence-corrected chi connectivity index (χ0v) is 19.9. The van der Waals surface area contributed by atoms with Crippen LogP contribution in [0.5, 0.6) is 11.5 Å². The molecule has 7 nitrogen and oxygen atoms in total. The predicted molar refractivity (Wildman–Crippen MR) is 134 cm³/mol. The van der Waals surface area contributed by atoms with Crippen molar-refractivity contribution < 1.29 is 19.1 Å². The van der Waals surface area contributed by atoms with Crippen molar-refractivity contribution in [3.63, 3.8) is 0 Å². The highest BCUT2D eigenvalue weighted by atomic mass is 35.5. The first-order valence-electron chi connectivity index (χ1n) is 10.5. The zero-order chi connectivity index (χ0) is 24.3. The average Bonchev–Trinajstić information content (AvgIpc) is 2.83. The van der Waals surface area contributed by atoms with Crippen LogP contribution >= 0.6 is 23.2 Å². The number of benzene rings is 3. The van der Waals surface area contributed by atoms with Crippen LogP contribution in [-0.2, 0) is 16.2 Å². The Balaban J connectivity index is 1.50. The summed E-state index contributed by atoms with van der Waals surface area (Å²) in [4.78, 5) is 24.1. The number of amides is 2. The summed E-state index contributed by atoms with van der Waals surface area (Å²) in [6.07, 6.45) is 2.30. The monoisotopic (exact) mass is 499 g/mol. The number of nitrogens with zero attached hydrogens (tertiary/aromatic N) is 1. The fourth-order valence-electron chi connectivity index (χ4n) is 2.77. The van der Waals surface area contributed by atoms with Gasteiger partial charge in [0.15, 0.2) is 0 Å².